The lowest BCUT2D eigenvalue weighted by Crippen LogP contribution is -2.18. The molecular weight excluding hydrogens is 402 g/mol. The third kappa shape index (κ3) is 11.3. The lowest BCUT2D eigenvalue weighted by Gasteiger charge is -2.13. The zero-order chi connectivity index (χ0) is 22.9. The van der Waals surface area contributed by atoms with Crippen molar-refractivity contribution in [1.29, 1.82) is 0 Å². The van der Waals surface area contributed by atoms with E-state index in [9.17, 15) is 14.4 Å². The van der Waals surface area contributed by atoms with Crippen LogP contribution in [0, 0.1) is 0 Å². The van der Waals surface area contributed by atoms with Crippen LogP contribution in [0.3, 0.4) is 0 Å². The third-order valence-corrected chi connectivity index (χ3v) is 4.37. The Morgan fingerprint density at radius 2 is 1.45 bits per heavy atom. The van der Waals surface area contributed by atoms with Crippen molar-refractivity contribution in [3.63, 3.8) is 0 Å². The van der Waals surface area contributed by atoms with Gasteiger partial charge in [0.2, 0.25) is 0 Å². The minimum atomic E-state index is -0.909. The monoisotopic (exact) mass is 437 g/mol. The first-order valence-corrected chi connectivity index (χ1v) is 11.1. The molecule has 8 heteroatoms. The van der Waals surface area contributed by atoms with E-state index in [1.54, 1.807) is 6.92 Å². The number of amides is 1. The summed E-state index contributed by atoms with van der Waals surface area (Å²) in [7, 11) is 0. The SMILES string of the molecule is CCCCCCOC(=O)Nc1ccc(C(=O)OCC)cc1OC(=O)OCCCCCC. The van der Waals surface area contributed by atoms with Crippen molar-refractivity contribution in [2.45, 2.75) is 72.1 Å². The van der Waals surface area contributed by atoms with E-state index < -0.39 is 18.2 Å². The van der Waals surface area contributed by atoms with E-state index in [-0.39, 0.29) is 30.2 Å². The molecule has 0 saturated carbocycles. The quantitative estimate of drug-likeness (QED) is 0.163. The molecule has 0 radical (unpaired) electrons. The number of ether oxygens (including phenoxy) is 4. The molecule has 1 N–H and O–H groups in total. The molecule has 1 rings (SSSR count). The first-order chi connectivity index (χ1) is 15.0. The van der Waals surface area contributed by atoms with Gasteiger partial charge in [0.15, 0.2) is 5.75 Å². The van der Waals surface area contributed by atoms with Crippen LogP contribution in [0.1, 0.15) is 82.5 Å². The van der Waals surface area contributed by atoms with Gasteiger partial charge >= 0.3 is 18.2 Å². The molecule has 0 heterocycles. The highest BCUT2D eigenvalue weighted by molar-refractivity contribution is 5.93. The fourth-order valence-electron chi connectivity index (χ4n) is 2.69. The van der Waals surface area contributed by atoms with Gasteiger partial charge in [0.25, 0.3) is 0 Å². The molecule has 1 aromatic carbocycles. The summed E-state index contributed by atoms with van der Waals surface area (Å²) in [6, 6.07) is 4.25. The van der Waals surface area contributed by atoms with Gasteiger partial charge in [0, 0.05) is 0 Å². The first kappa shape index (κ1) is 26.3. The highest BCUT2D eigenvalue weighted by Gasteiger charge is 2.17. The van der Waals surface area contributed by atoms with Gasteiger partial charge in [-0.2, -0.15) is 0 Å². The van der Waals surface area contributed by atoms with Crippen LogP contribution in [0.15, 0.2) is 18.2 Å². The van der Waals surface area contributed by atoms with Crippen molar-refractivity contribution >= 4 is 23.9 Å². The van der Waals surface area contributed by atoms with Crippen molar-refractivity contribution in [1.82, 2.24) is 0 Å². The van der Waals surface area contributed by atoms with Crippen molar-refractivity contribution < 1.29 is 33.3 Å². The number of anilines is 1. The van der Waals surface area contributed by atoms with Gasteiger partial charge in [0.1, 0.15) is 0 Å². The lowest BCUT2D eigenvalue weighted by molar-refractivity contribution is 0.0525. The van der Waals surface area contributed by atoms with E-state index in [1.807, 2.05) is 0 Å². The summed E-state index contributed by atoms with van der Waals surface area (Å²) >= 11 is 0. The van der Waals surface area contributed by atoms with Crippen LogP contribution in [-0.4, -0.2) is 38.0 Å². The van der Waals surface area contributed by atoms with Crippen LogP contribution in [-0.2, 0) is 14.2 Å². The van der Waals surface area contributed by atoms with Crippen molar-refractivity contribution in [3.8, 4) is 5.75 Å². The molecule has 0 aliphatic carbocycles. The first-order valence-electron chi connectivity index (χ1n) is 11.1. The number of hydrogen-bond acceptors (Lipinski definition) is 7. The van der Waals surface area contributed by atoms with Crippen LogP contribution >= 0.6 is 0 Å². The smallest absolute Gasteiger partial charge is 0.462 e. The normalized spacial score (nSPS) is 10.3. The molecule has 0 spiro atoms. The van der Waals surface area contributed by atoms with Gasteiger partial charge < -0.3 is 18.9 Å². The van der Waals surface area contributed by atoms with E-state index in [0.29, 0.717) is 6.61 Å². The maximum atomic E-state index is 12.1. The Labute approximate surface area is 184 Å². The Balaban J connectivity index is 2.75. The minimum absolute atomic E-state index is 0.0213. The van der Waals surface area contributed by atoms with Crippen molar-refractivity contribution in [3.05, 3.63) is 23.8 Å². The van der Waals surface area contributed by atoms with E-state index in [1.165, 1.54) is 18.2 Å². The van der Waals surface area contributed by atoms with Crippen LogP contribution < -0.4 is 10.1 Å². The highest BCUT2D eigenvalue weighted by Crippen LogP contribution is 2.27. The number of hydrogen-bond donors (Lipinski definition) is 1. The molecule has 1 aromatic rings. The summed E-state index contributed by atoms with van der Waals surface area (Å²) in [4.78, 5) is 36.1. The van der Waals surface area contributed by atoms with Crippen LogP contribution in [0.5, 0.6) is 5.75 Å². The predicted molar refractivity (Wildman–Crippen MR) is 118 cm³/mol. The molecule has 0 aromatic heterocycles. The average Bonchev–Trinajstić information content (AvgIpc) is 2.74. The average molecular weight is 438 g/mol. The number of esters is 1. The standard InChI is InChI=1S/C23H35NO7/c1-4-7-9-11-15-29-22(26)24-19-14-13-18(21(25)28-6-3)17-20(19)31-23(27)30-16-12-10-8-5-2/h13-14,17H,4-12,15-16H2,1-3H3,(H,24,26). The van der Waals surface area contributed by atoms with Crippen LogP contribution in [0.2, 0.25) is 0 Å². The molecule has 8 nitrogen and oxygen atoms in total. The number of nitrogens with one attached hydrogen (secondary N) is 1. The lowest BCUT2D eigenvalue weighted by atomic mass is 10.2. The second-order valence-electron chi connectivity index (χ2n) is 7.01. The Kier molecular flexibility index (Phi) is 13.5. The summed E-state index contributed by atoms with van der Waals surface area (Å²) in [6.45, 7) is 6.63. The minimum Gasteiger partial charge on any atom is -0.462 e. The number of carbonyl (C=O) groups is 3. The molecular formula is C23H35NO7. The Bertz CT molecular complexity index is 691. The molecule has 0 atom stereocenters. The number of rotatable bonds is 14. The van der Waals surface area contributed by atoms with E-state index in [2.05, 4.69) is 19.2 Å². The van der Waals surface area contributed by atoms with E-state index >= 15 is 0 Å². The maximum absolute atomic E-state index is 12.1. The maximum Gasteiger partial charge on any atom is 0.513 e. The molecule has 0 unspecified atom stereocenters. The number of carbonyl (C=O) groups excluding carboxylic acids is 3. The number of benzene rings is 1. The topological polar surface area (TPSA) is 100 Å². The van der Waals surface area contributed by atoms with Crippen molar-refractivity contribution in [2.24, 2.45) is 0 Å². The summed E-state index contributed by atoms with van der Waals surface area (Å²) < 4.78 is 20.5. The van der Waals surface area contributed by atoms with Crippen LogP contribution in [0.4, 0.5) is 15.3 Å². The van der Waals surface area contributed by atoms with Gasteiger partial charge in [-0.15, -0.1) is 0 Å². The van der Waals surface area contributed by atoms with E-state index in [4.69, 9.17) is 18.9 Å². The molecule has 31 heavy (non-hydrogen) atoms. The fourth-order valence-corrected chi connectivity index (χ4v) is 2.69. The van der Waals surface area contributed by atoms with Gasteiger partial charge in [-0.25, -0.2) is 14.4 Å². The van der Waals surface area contributed by atoms with Crippen molar-refractivity contribution in [2.75, 3.05) is 25.1 Å². The van der Waals surface area contributed by atoms with Gasteiger partial charge in [-0.3, -0.25) is 5.32 Å². The Hall–Kier alpha value is -2.77. The molecule has 1 amide bonds. The predicted octanol–water partition coefficient (Wildman–Crippen LogP) is 6.09. The summed E-state index contributed by atoms with van der Waals surface area (Å²) in [5.74, 6) is -0.586. The molecule has 0 saturated heterocycles. The zero-order valence-corrected chi connectivity index (χ0v) is 18.9. The fraction of sp³-hybridized carbons (Fsp3) is 0.609. The molecule has 0 aliphatic heterocycles. The molecule has 0 bridgehead atoms. The molecule has 174 valence electrons. The van der Waals surface area contributed by atoms with E-state index in [0.717, 1.165) is 51.4 Å². The van der Waals surface area contributed by atoms with Gasteiger partial charge in [0.05, 0.1) is 31.1 Å². The van der Waals surface area contributed by atoms with Gasteiger partial charge in [-0.05, 0) is 38.0 Å². The molecule has 0 fully saturated rings. The Morgan fingerprint density at radius 3 is 2.06 bits per heavy atom. The second kappa shape index (κ2) is 16.0. The third-order valence-electron chi connectivity index (χ3n) is 4.37. The summed E-state index contributed by atoms with van der Waals surface area (Å²) in [6.07, 6.45) is 6.19. The zero-order valence-electron chi connectivity index (χ0n) is 18.9. The molecule has 0 aliphatic rings. The van der Waals surface area contributed by atoms with Crippen LogP contribution in [0.25, 0.3) is 0 Å². The highest BCUT2D eigenvalue weighted by atomic mass is 16.7. The number of unbranched alkanes of at least 4 members (excludes halogenated alkanes) is 6. The largest absolute Gasteiger partial charge is 0.513 e. The Morgan fingerprint density at radius 1 is 0.806 bits per heavy atom. The summed E-state index contributed by atoms with van der Waals surface area (Å²) in [5, 5.41) is 2.54. The van der Waals surface area contributed by atoms with Gasteiger partial charge in [-0.1, -0.05) is 52.4 Å². The second-order valence-corrected chi connectivity index (χ2v) is 7.01. The summed E-state index contributed by atoms with van der Waals surface area (Å²) in [5.41, 5.74) is 0.376.